The molecule has 0 atom stereocenters. The Hall–Kier alpha value is -1.72. The van der Waals surface area contributed by atoms with Gasteiger partial charge in [-0.2, -0.15) is 13.2 Å². The van der Waals surface area contributed by atoms with Crippen LogP contribution in [-0.4, -0.2) is 23.0 Å². The molecule has 2 rings (SSSR count). The van der Waals surface area contributed by atoms with Gasteiger partial charge in [0.15, 0.2) is 0 Å². The molecule has 0 heterocycles. The van der Waals surface area contributed by atoms with Crippen molar-refractivity contribution in [2.75, 3.05) is 5.73 Å². The zero-order valence-corrected chi connectivity index (χ0v) is 10.3. The lowest BCUT2D eigenvalue weighted by molar-refractivity contribution is -0.162. The van der Waals surface area contributed by atoms with E-state index in [4.69, 9.17) is 5.73 Å². The Morgan fingerprint density at radius 2 is 2.05 bits per heavy atom. The lowest BCUT2D eigenvalue weighted by atomic mass is 10.2. The predicted molar refractivity (Wildman–Crippen MR) is 65.1 cm³/mol. The van der Waals surface area contributed by atoms with Crippen molar-refractivity contribution in [3.8, 4) is 0 Å². The maximum Gasteiger partial charge on any atom is 0.397 e. The maximum atomic E-state index is 12.3. The molecule has 0 aliphatic heterocycles. The van der Waals surface area contributed by atoms with E-state index in [1.54, 1.807) is 24.3 Å². The van der Waals surface area contributed by atoms with Crippen molar-refractivity contribution in [2.45, 2.75) is 38.0 Å². The average molecular weight is 272 g/mol. The van der Waals surface area contributed by atoms with Gasteiger partial charge in [0.1, 0.15) is 6.42 Å². The number of anilines is 1. The highest BCUT2D eigenvalue weighted by atomic mass is 19.4. The van der Waals surface area contributed by atoms with Gasteiger partial charge in [-0.3, -0.25) is 4.79 Å². The lowest BCUT2D eigenvalue weighted by Gasteiger charge is -2.23. The second-order valence-corrected chi connectivity index (χ2v) is 4.79. The number of rotatable bonds is 4. The van der Waals surface area contributed by atoms with Crippen LogP contribution < -0.4 is 5.73 Å². The van der Waals surface area contributed by atoms with Gasteiger partial charge in [0.2, 0.25) is 5.91 Å². The molecule has 19 heavy (non-hydrogen) atoms. The van der Waals surface area contributed by atoms with Gasteiger partial charge in [-0.05, 0) is 30.5 Å². The number of hydrogen-bond donors (Lipinski definition) is 1. The average Bonchev–Trinajstić information content (AvgIpc) is 3.07. The van der Waals surface area contributed by atoms with Crippen LogP contribution in [0.5, 0.6) is 0 Å². The van der Waals surface area contributed by atoms with Crippen molar-refractivity contribution in [1.82, 2.24) is 4.90 Å². The molecule has 1 amide bonds. The first-order valence-corrected chi connectivity index (χ1v) is 6.06. The van der Waals surface area contributed by atoms with Crippen molar-refractivity contribution in [3.05, 3.63) is 29.8 Å². The number of hydrogen-bond acceptors (Lipinski definition) is 2. The summed E-state index contributed by atoms with van der Waals surface area (Å²) in [6.45, 7) is 0.185. The van der Waals surface area contributed by atoms with Crippen LogP contribution in [0.4, 0.5) is 18.9 Å². The Labute approximate surface area is 109 Å². The summed E-state index contributed by atoms with van der Waals surface area (Å²) in [6.07, 6.45) is -4.32. The molecule has 1 aromatic rings. The van der Waals surface area contributed by atoms with Gasteiger partial charge in [-0.25, -0.2) is 0 Å². The van der Waals surface area contributed by atoms with Gasteiger partial charge < -0.3 is 10.6 Å². The third-order valence-electron chi connectivity index (χ3n) is 2.96. The molecule has 3 nitrogen and oxygen atoms in total. The van der Waals surface area contributed by atoms with E-state index in [0.29, 0.717) is 5.69 Å². The van der Waals surface area contributed by atoms with Crippen molar-refractivity contribution in [1.29, 1.82) is 0 Å². The highest BCUT2D eigenvalue weighted by Crippen LogP contribution is 2.31. The standard InChI is InChI=1S/C13H15F3N2O/c14-13(15,16)7-12(19)18(11-4-5-11)8-9-2-1-3-10(17)6-9/h1-3,6,11H,4-5,7-8,17H2. The second-order valence-electron chi connectivity index (χ2n) is 4.79. The molecule has 0 radical (unpaired) electrons. The SMILES string of the molecule is Nc1cccc(CN(C(=O)CC(F)(F)F)C2CC2)c1. The first kappa shape index (κ1) is 13.7. The topological polar surface area (TPSA) is 46.3 Å². The lowest BCUT2D eigenvalue weighted by Crippen LogP contribution is -2.35. The largest absolute Gasteiger partial charge is 0.399 e. The molecule has 0 bridgehead atoms. The van der Waals surface area contributed by atoms with Gasteiger partial charge in [0, 0.05) is 18.3 Å². The van der Waals surface area contributed by atoms with E-state index in [2.05, 4.69) is 0 Å². The Morgan fingerprint density at radius 3 is 2.58 bits per heavy atom. The van der Waals surface area contributed by atoms with Crippen LogP contribution in [0.2, 0.25) is 0 Å². The summed E-state index contributed by atoms with van der Waals surface area (Å²) in [5.41, 5.74) is 6.91. The number of halogens is 3. The van der Waals surface area contributed by atoms with Gasteiger partial charge in [-0.15, -0.1) is 0 Å². The molecule has 0 spiro atoms. The molecule has 1 saturated carbocycles. The second kappa shape index (κ2) is 5.11. The molecular weight excluding hydrogens is 257 g/mol. The number of carbonyl (C=O) groups excluding carboxylic acids is 1. The Bertz CT molecular complexity index is 469. The first-order chi connectivity index (χ1) is 8.85. The Kier molecular flexibility index (Phi) is 3.68. The minimum Gasteiger partial charge on any atom is -0.399 e. The minimum absolute atomic E-state index is 0.0590. The quantitative estimate of drug-likeness (QED) is 0.857. The van der Waals surface area contributed by atoms with E-state index in [1.165, 1.54) is 4.90 Å². The summed E-state index contributed by atoms with van der Waals surface area (Å²) >= 11 is 0. The summed E-state index contributed by atoms with van der Waals surface area (Å²) in [4.78, 5) is 13.0. The molecule has 0 unspecified atom stereocenters. The fourth-order valence-electron chi connectivity index (χ4n) is 1.97. The van der Waals surface area contributed by atoms with Crippen LogP contribution >= 0.6 is 0 Å². The van der Waals surface area contributed by atoms with Crippen LogP contribution in [0, 0.1) is 0 Å². The van der Waals surface area contributed by atoms with Gasteiger partial charge >= 0.3 is 6.18 Å². The zero-order chi connectivity index (χ0) is 14.0. The van der Waals surface area contributed by atoms with Gasteiger partial charge in [0.05, 0.1) is 0 Å². The van der Waals surface area contributed by atoms with Crippen molar-refractivity contribution in [2.24, 2.45) is 0 Å². The minimum atomic E-state index is -4.46. The number of nitrogens with zero attached hydrogens (tertiary/aromatic N) is 1. The smallest absolute Gasteiger partial charge is 0.397 e. The molecule has 1 aliphatic carbocycles. The highest BCUT2D eigenvalue weighted by molar-refractivity contribution is 5.77. The first-order valence-electron chi connectivity index (χ1n) is 6.06. The molecule has 104 valence electrons. The van der Waals surface area contributed by atoms with E-state index in [9.17, 15) is 18.0 Å². The molecule has 6 heteroatoms. The molecule has 1 aliphatic rings. The molecule has 2 N–H and O–H groups in total. The predicted octanol–water partition coefficient (Wildman–Crippen LogP) is 2.71. The third-order valence-corrected chi connectivity index (χ3v) is 2.96. The van der Waals surface area contributed by atoms with Gasteiger partial charge in [0.25, 0.3) is 0 Å². The molecule has 0 aromatic heterocycles. The third kappa shape index (κ3) is 4.15. The number of alkyl halides is 3. The molecule has 1 aromatic carbocycles. The van der Waals surface area contributed by atoms with Crippen LogP contribution in [0.1, 0.15) is 24.8 Å². The van der Waals surface area contributed by atoms with E-state index in [1.807, 2.05) is 0 Å². The summed E-state index contributed by atoms with van der Waals surface area (Å²) in [5.74, 6) is -0.863. The van der Waals surface area contributed by atoms with Crippen LogP contribution in [0.15, 0.2) is 24.3 Å². The summed E-state index contributed by atoms with van der Waals surface area (Å²) in [5, 5.41) is 0. The normalized spacial score (nSPS) is 15.3. The van der Waals surface area contributed by atoms with Crippen molar-refractivity contribution >= 4 is 11.6 Å². The monoisotopic (exact) mass is 272 g/mol. The fraction of sp³-hybridized carbons (Fsp3) is 0.462. The number of nitrogen functional groups attached to an aromatic ring is 1. The number of nitrogens with two attached hydrogens (primary N) is 1. The maximum absolute atomic E-state index is 12.3. The summed E-state index contributed by atoms with van der Waals surface area (Å²) in [7, 11) is 0. The zero-order valence-electron chi connectivity index (χ0n) is 10.3. The number of amides is 1. The Balaban J connectivity index is 2.06. The summed E-state index contributed by atoms with van der Waals surface area (Å²) in [6, 6.07) is 6.80. The molecule has 0 saturated heterocycles. The van der Waals surface area contributed by atoms with Crippen LogP contribution in [-0.2, 0) is 11.3 Å². The van der Waals surface area contributed by atoms with E-state index in [0.717, 1.165) is 18.4 Å². The number of carbonyl (C=O) groups is 1. The van der Waals surface area contributed by atoms with E-state index < -0.39 is 18.5 Å². The van der Waals surface area contributed by atoms with E-state index in [-0.39, 0.29) is 12.6 Å². The fourth-order valence-corrected chi connectivity index (χ4v) is 1.97. The summed E-state index contributed by atoms with van der Waals surface area (Å²) < 4.78 is 36.9. The van der Waals surface area contributed by atoms with Crippen molar-refractivity contribution in [3.63, 3.8) is 0 Å². The highest BCUT2D eigenvalue weighted by Gasteiger charge is 2.38. The van der Waals surface area contributed by atoms with Crippen LogP contribution in [0.25, 0.3) is 0 Å². The van der Waals surface area contributed by atoms with Gasteiger partial charge in [-0.1, -0.05) is 12.1 Å². The molecular formula is C13H15F3N2O. The van der Waals surface area contributed by atoms with E-state index >= 15 is 0 Å². The number of benzene rings is 1. The Morgan fingerprint density at radius 1 is 1.37 bits per heavy atom. The molecule has 1 fully saturated rings. The van der Waals surface area contributed by atoms with Crippen molar-refractivity contribution < 1.29 is 18.0 Å². The van der Waals surface area contributed by atoms with Crippen LogP contribution in [0.3, 0.4) is 0 Å².